The highest BCUT2D eigenvalue weighted by molar-refractivity contribution is 5.88. The molecule has 0 bridgehead atoms. The van der Waals surface area contributed by atoms with Gasteiger partial charge in [0, 0.05) is 0 Å². The molecule has 0 heterocycles. The maximum Gasteiger partial charge on any atom is 0.134 e. The summed E-state index contributed by atoms with van der Waals surface area (Å²) < 4.78 is 42.7. The molecule has 4 aromatic rings. The maximum atomic E-state index is 14.7. The van der Waals surface area contributed by atoms with Crippen LogP contribution in [0.1, 0.15) is 12.5 Å². The lowest BCUT2D eigenvalue weighted by atomic mass is 9.96. The highest BCUT2D eigenvalue weighted by Gasteiger charge is 2.15. The summed E-state index contributed by atoms with van der Waals surface area (Å²) in [5.41, 5.74) is 2.39. The van der Waals surface area contributed by atoms with E-state index in [4.69, 9.17) is 0 Å². The van der Waals surface area contributed by atoms with Gasteiger partial charge in [-0.15, -0.1) is 0 Å². The molecule has 0 aromatic heterocycles. The van der Waals surface area contributed by atoms with Gasteiger partial charge in [-0.3, -0.25) is 0 Å². The van der Waals surface area contributed by atoms with Crippen LogP contribution in [0.3, 0.4) is 0 Å². The molecule has 134 valence electrons. The molecule has 0 aliphatic rings. The van der Waals surface area contributed by atoms with Crippen molar-refractivity contribution in [2.75, 3.05) is 0 Å². The molecule has 4 aromatic carbocycles. The number of fused-ring (bicyclic) bond motifs is 1. The smallest absolute Gasteiger partial charge is 0.134 e. The monoisotopic (exact) mass is 362 g/mol. The Bertz CT molecular complexity index is 1120. The minimum absolute atomic E-state index is 0.183. The number of benzene rings is 4. The van der Waals surface area contributed by atoms with Crippen LogP contribution >= 0.6 is 0 Å². The van der Waals surface area contributed by atoms with Crippen LogP contribution in [0.2, 0.25) is 0 Å². The number of aryl methyl sites for hydroxylation is 1. The Hall–Kier alpha value is -3.07. The summed E-state index contributed by atoms with van der Waals surface area (Å²) in [5.74, 6) is -1.95. The van der Waals surface area contributed by atoms with Crippen molar-refractivity contribution < 1.29 is 13.2 Å². The van der Waals surface area contributed by atoms with Crippen LogP contribution < -0.4 is 0 Å². The molecular weight excluding hydrogens is 345 g/mol. The van der Waals surface area contributed by atoms with Crippen LogP contribution in [0.15, 0.2) is 72.8 Å². The lowest BCUT2D eigenvalue weighted by Crippen LogP contribution is -1.93. The van der Waals surface area contributed by atoms with Crippen LogP contribution in [0.4, 0.5) is 13.2 Å². The van der Waals surface area contributed by atoms with E-state index in [1.54, 1.807) is 0 Å². The minimum atomic E-state index is -0.711. The molecule has 0 unspecified atom stereocenters. The summed E-state index contributed by atoms with van der Waals surface area (Å²) in [6.45, 7) is 2.10. The summed E-state index contributed by atoms with van der Waals surface area (Å²) in [7, 11) is 0. The Morgan fingerprint density at radius 2 is 1.33 bits per heavy atom. The molecule has 0 aliphatic heterocycles. The molecule has 4 rings (SSSR count). The van der Waals surface area contributed by atoms with E-state index in [2.05, 4.69) is 19.1 Å². The Morgan fingerprint density at radius 3 is 2.04 bits per heavy atom. The Morgan fingerprint density at radius 1 is 0.630 bits per heavy atom. The fourth-order valence-corrected chi connectivity index (χ4v) is 3.35. The Labute approximate surface area is 155 Å². The van der Waals surface area contributed by atoms with Crippen molar-refractivity contribution >= 4 is 10.8 Å². The largest absolute Gasteiger partial charge is 0.207 e. The number of halogens is 3. The van der Waals surface area contributed by atoms with Crippen molar-refractivity contribution in [2.24, 2.45) is 0 Å². The maximum absolute atomic E-state index is 14.7. The second-order valence-electron chi connectivity index (χ2n) is 6.58. The van der Waals surface area contributed by atoms with Crippen LogP contribution in [0.5, 0.6) is 0 Å². The molecule has 0 spiro atoms. The zero-order valence-electron chi connectivity index (χ0n) is 14.8. The molecule has 0 radical (unpaired) electrons. The average molecular weight is 362 g/mol. The van der Waals surface area contributed by atoms with Crippen molar-refractivity contribution in [3.8, 4) is 22.3 Å². The van der Waals surface area contributed by atoms with Gasteiger partial charge in [0.2, 0.25) is 0 Å². The molecule has 0 aliphatic carbocycles. The van der Waals surface area contributed by atoms with Gasteiger partial charge in [0.15, 0.2) is 0 Å². The summed E-state index contributed by atoms with van der Waals surface area (Å²) >= 11 is 0. The van der Waals surface area contributed by atoms with Crippen LogP contribution in [-0.4, -0.2) is 0 Å². The molecule has 0 saturated carbocycles. The molecular formula is C24H17F3. The lowest BCUT2D eigenvalue weighted by molar-refractivity contribution is 0.589. The first-order chi connectivity index (χ1) is 13.0. The topological polar surface area (TPSA) is 0 Å². The highest BCUT2D eigenvalue weighted by Crippen LogP contribution is 2.32. The lowest BCUT2D eigenvalue weighted by Gasteiger charge is -2.10. The van der Waals surface area contributed by atoms with Gasteiger partial charge >= 0.3 is 0 Å². The standard InChI is InChI=1S/C24H17F3/c1-2-15-6-7-17-11-18(9-8-16(17)10-15)20-13-22(26)24(23(27)14-20)19-4-3-5-21(25)12-19/h3-14H,2H2,1H3. The van der Waals surface area contributed by atoms with E-state index in [1.165, 1.54) is 35.9 Å². The quantitative estimate of drug-likeness (QED) is 0.363. The van der Waals surface area contributed by atoms with Crippen LogP contribution in [-0.2, 0) is 6.42 Å². The van der Waals surface area contributed by atoms with Gasteiger partial charge in [-0.05, 0) is 69.8 Å². The predicted octanol–water partition coefficient (Wildman–Crippen LogP) is 7.15. The average Bonchev–Trinajstić information content (AvgIpc) is 2.66. The number of rotatable bonds is 3. The van der Waals surface area contributed by atoms with Crippen molar-refractivity contribution in [3.63, 3.8) is 0 Å². The second kappa shape index (κ2) is 6.92. The Kier molecular flexibility index (Phi) is 4.44. The molecule has 0 fully saturated rings. The zero-order chi connectivity index (χ0) is 19.0. The van der Waals surface area contributed by atoms with Gasteiger partial charge in [0.05, 0.1) is 5.56 Å². The first-order valence-electron chi connectivity index (χ1n) is 8.83. The summed E-state index contributed by atoms with van der Waals surface area (Å²) in [5, 5.41) is 2.11. The van der Waals surface area contributed by atoms with Gasteiger partial charge in [-0.25, -0.2) is 13.2 Å². The van der Waals surface area contributed by atoms with E-state index >= 15 is 0 Å². The zero-order valence-corrected chi connectivity index (χ0v) is 14.8. The first-order valence-corrected chi connectivity index (χ1v) is 8.83. The molecule has 0 amide bonds. The van der Waals surface area contributed by atoms with Gasteiger partial charge < -0.3 is 0 Å². The van der Waals surface area contributed by atoms with E-state index in [9.17, 15) is 13.2 Å². The third kappa shape index (κ3) is 3.33. The fraction of sp³-hybridized carbons (Fsp3) is 0.0833. The van der Waals surface area contributed by atoms with Crippen molar-refractivity contribution in [1.29, 1.82) is 0 Å². The normalized spacial score (nSPS) is 11.1. The molecule has 3 heteroatoms. The highest BCUT2D eigenvalue weighted by atomic mass is 19.1. The van der Waals surface area contributed by atoms with Gasteiger partial charge in [0.1, 0.15) is 17.5 Å². The molecule has 0 saturated heterocycles. The van der Waals surface area contributed by atoms with Crippen LogP contribution in [0.25, 0.3) is 33.0 Å². The third-order valence-corrected chi connectivity index (χ3v) is 4.80. The third-order valence-electron chi connectivity index (χ3n) is 4.80. The number of hydrogen-bond donors (Lipinski definition) is 0. The van der Waals surface area contributed by atoms with Gasteiger partial charge in [-0.2, -0.15) is 0 Å². The number of hydrogen-bond acceptors (Lipinski definition) is 0. The SMILES string of the molecule is CCc1ccc2cc(-c3cc(F)c(-c4cccc(F)c4)c(F)c3)ccc2c1. The van der Waals surface area contributed by atoms with Gasteiger partial charge in [-0.1, -0.05) is 49.4 Å². The molecule has 27 heavy (non-hydrogen) atoms. The summed E-state index contributed by atoms with van der Waals surface area (Å²) in [6.07, 6.45) is 0.954. The van der Waals surface area contributed by atoms with Crippen molar-refractivity contribution in [2.45, 2.75) is 13.3 Å². The second-order valence-corrected chi connectivity index (χ2v) is 6.58. The molecule has 0 atom stereocenters. The van der Waals surface area contributed by atoms with Crippen molar-refractivity contribution in [3.05, 3.63) is 95.8 Å². The predicted molar refractivity (Wildman–Crippen MR) is 104 cm³/mol. The van der Waals surface area contributed by atoms with E-state index in [0.29, 0.717) is 5.56 Å². The van der Waals surface area contributed by atoms with E-state index in [0.717, 1.165) is 28.8 Å². The fourth-order valence-electron chi connectivity index (χ4n) is 3.35. The van der Waals surface area contributed by atoms with Crippen molar-refractivity contribution in [1.82, 2.24) is 0 Å². The summed E-state index contributed by atoms with van der Waals surface area (Å²) in [6, 6.07) is 19.8. The minimum Gasteiger partial charge on any atom is -0.207 e. The first kappa shape index (κ1) is 17.3. The van der Waals surface area contributed by atoms with E-state index < -0.39 is 17.5 Å². The van der Waals surface area contributed by atoms with E-state index in [-0.39, 0.29) is 11.1 Å². The Balaban J connectivity index is 1.80. The molecule has 0 nitrogen and oxygen atoms in total. The van der Waals surface area contributed by atoms with Crippen LogP contribution in [0, 0.1) is 17.5 Å². The van der Waals surface area contributed by atoms with Gasteiger partial charge in [0.25, 0.3) is 0 Å². The molecule has 0 N–H and O–H groups in total. The van der Waals surface area contributed by atoms with E-state index in [1.807, 2.05) is 24.3 Å². The summed E-state index contributed by atoms with van der Waals surface area (Å²) in [4.78, 5) is 0.